The summed E-state index contributed by atoms with van der Waals surface area (Å²) in [6.07, 6.45) is 8.42. The predicted molar refractivity (Wildman–Crippen MR) is 103 cm³/mol. The van der Waals surface area contributed by atoms with E-state index in [4.69, 9.17) is 0 Å². The first-order valence-electron chi connectivity index (χ1n) is 9.82. The summed E-state index contributed by atoms with van der Waals surface area (Å²) in [5.74, 6) is 2.63. The number of benzene rings is 1. The maximum atomic E-state index is 12.6. The number of methoxy groups -OCH3 is 1. The molecule has 0 aromatic heterocycles. The molecule has 5 rings (SSSR count). The SMILES string of the molecule is COC(=O)Nc1ccc(S(=O)(=O)NCCC23CC4CC(CC(C4)C2)C3)cc1. The second-order valence-electron chi connectivity index (χ2n) is 8.71. The molecule has 0 saturated heterocycles. The number of hydrogen-bond donors (Lipinski definition) is 2. The summed E-state index contributed by atoms with van der Waals surface area (Å²) in [6, 6.07) is 6.12. The van der Waals surface area contributed by atoms with Gasteiger partial charge in [-0.3, -0.25) is 5.32 Å². The molecule has 2 N–H and O–H groups in total. The molecule has 7 heteroatoms. The van der Waals surface area contributed by atoms with Crippen LogP contribution in [-0.2, 0) is 14.8 Å². The smallest absolute Gasteiger partial charge is 0.411 e. The fourth-order valence-corrected chi connectivity index (χ4v) is 7.05. The third kappa shape index (κ3) is 3.99. The van der Waals surface area contributed by atoms with Gasteiger partial charge in [-0.1, -0.05) is 0 Å². The number of rotatable bonds is 6. The van der Waals surface area contributed by atoms with Crippen LogP contribution < -0.4 is 10.0 Å². The molecule has 0 spiro atoms. The summed E-state index contributed by atoms with van der Waals surface area (Å²) in [5.41, 5.74) is 0.861. The number of anilines is 1. The molecule has 0 unspecified atom stereocenters. The topological polar surface area (TPSA) is 84.5 Å². The van der Waals surface area contributed by atoms with Gasteiger partial charge >= 0.3 is 6.09 Å². The minimum atomic E-state index is -3.54. The fourth-order valence-electron chi connectivity index (χ4n) is 6.02. The summed E-state index contributed by atoms with van der Waals surface area (Å²) in [5, 5.41) is 2.51. The van der Waals surface area contributed by atoms with Gasteiger partial charge in [0, 0.05) is 12.2 Å². The zero-order valence-electron chi connectivity index (χ0n) is 15.7. The largest absolute Gasteiger partial charge is 0.453 e. The van der Waals surface area contributed by atoms with E-state index in [0.717, 1.165) is 24.2 Å². The van der Waals surface area contributed by atoms with E-state index in [0.29, 0.717) is 17.6 Å². The standard InChI is InChI=1S/C20H28N2O4S/c1-26-19(23)22-17-2-4-18(5-3-17)27(24,25)21-7-6-20-11-14-8-15(12-20)10-16(9-14)13-20/h2-5,14-16,21H,6-13H2,1H3,(H,22,23). The second-order valence-corrected chi connectivity index (χ2v) is 10.5. The highest BCUT2D eigenvalue weighted by molar-refractivity contribution is 7.89. The molecule has 0 heterocycles. The molecule has 0 aliphatic heterocycles. The van der Waals surface area contributed by atoms with Gasteiger partial charge in [-0.2, -0.15) is 0 Å². The molecular formula is C20H28N2O4S. The van der Waals surface area contributed by atoms with Gasteiger partial charge < -0.3 is 4.74 Å². The molecule has 4 fully saturated rings. The highest BCUT2D eigenvalue weighted by Crippen LogP contribution is 2.61. The Kier molecular flexibility index (Phi) is 4.93. The number of ether oxygens (including phenoxy) is 1. The molecule has 0 radical (unpaired) electrons. The molecule has 4 aliphatic carbocycles. The number of hydrogen-bond acceptors (Lipinski definition) is 4. The fraction of sp³-hybridized carbons (Fsp3) is 0.650. The Bertz CT molecular complexity index is 768. The first-order chi connectivity index (χ1) is 12.9. The minimum absolute atomic E-state index is 0.212. The van der Waals surface area contributed by atoms with Crippen molar-refractivity contribution in [3.8, 4) is 0 Å². The minimum Gasteiger partial charge on any atom is -0.453 e. The lowest BCUT2D eigenvalue weighted by atomic mass is 9.49. The maximum Gasteiger partial charge on any atom is 0.411 e. The zero-order valence-corrected chi connectivity index (χ0v) is 16.6. The average Bonchev–Trinajstić information content (AvgIpc) is 2.60. The number of carbonyl (C=O) groups excluding carboxylic acids is 1. The molecule has 6 nitrogen and oxygen atoms in total. The van der Waals surface area contributed by atoms with Crippen LogP contribution in [0.15, 0.2) is 29.2 Å². The van der Waals surface area contributed by atoms with Crippen molar-refractivity contribution < 1.29 is 17.9 Å². The van der Waals surface area contributed by atoms with Crippen molar-refractivity contribution in [2.75, 3.05) is 19.0 Å². The van der Waals surface area contributed by atoms with Crippen LogP contribution in [0, 0.1) is 23.2 Å². The Morgan fingerprint density at radius 1 is 1.07 bits per heavy atom. The summed E-state index contributed by atoms with van der Waals surface area (Å²) in [6.45, 7) is 0.497. The van der Waals surface area contributed by atoms with Gasteiger partial charge in [-0.25, -0.2) is 17.9 Å². The third-order valence-corrected chi connectivity index (χ3v) is 8.19. The number of amides is 1. The normalized spacial score (nSPS) is 31.7. The summed E-state index contributed by atoms with van der Waals surface area (Å²) in [7, 11) is -2.26. The number of carbonyl (C=O) groups is 1. The van der Waals surface area contributed by atoms with Crippen LogP contribution >= 0.6 is 0 Å². The molecule has 4 bridgehead atoms. The van der Waals surface area contributed by atoms with E-state index < -0.39 is 16.1 Å². The van der Waals surface area contributed by atoms with Crippen molar-refractivity contribution >= 4 is 21.8 Å². The van der Waals surface area contributed by atoms with Crippen molar-refractivity contribution in [2.45, 2.75) is 49.8 Å². The van der Waals surface area contributed by atoms with Crippen LogP contribution in [0.4, 0.5) is 10.5 Å². The highest BCUT2D eigenvalue weighted by atomic mass is 32.2. The van der Waals surface area contributed by atoms with Crippen LogP contribution in [0.3, 0.4) is 0 Å². The van der Waals surface area contributed by atoms with Gasteiger partial charge in [0.25, 0.3) is 0 Å². The van der Waals surface area contributed by atoms with E-state index in [1.807, 2.05) is 0 Å². The Hall–Kier alpha value is -1.60. The monoisotopic (exact) mass is 392 g/mol. The molecule has 148 valence electrons. The van der Waals surface area contributed by atoms with Crippen LogP contribution in [0.25, 0.3) is 0 Å². The van der Waals surface area contributed by atoms with Crippen molar-refractivity contribution in [3.05, 3.63) is 24.3 Å². The predicted octanol–water partition coefficient (Wildman–Crippen LogP) is 3.75. The van der Waals surface area contributed by atoms with E-state index in [1.54, 1.807) is 12.1 Å². The molecule has 1 aromatic carbocycles. The molecule has 4 saturated carbocycles. The summed E-state index contributed by atoms with van der Waals surface area (Å²) >= 11 is 0. The van der Waals surface area contributed by atoms with E-state index in [1.165, 1.54) is 57.8 Å². The molecule has 27 heavy (non-hydrogen) atoms. The maximum absolute atomic E-state index is 12.6. The van der Waals surface area contributed by atoms with E-state index in [9.17, 15) is 13.2 Å². The Morgan fingerprint density at radius 2 is 1.63 bits per heavy atom. The summed E-state index contributed by atoms with van der Waals surface area (Å²) < 4.78 is 32.5. The van der Waals surface area contributed by atoms with E-state index in [-0.39, 0.29) is 4.90 Å². The van der Waals surface area contributed by atoms with Gasteiger partial charge in [-0.05, 0) is 92.4 Å². The van der Waals surface area contributed by atoms with Crippen LogP contribution in [0.1, 0.15) is 44.9 Å². The third-order valence-electron chi connectivity index (χ3n) is 6.71. The first-order valence-corrected chi connectivity index (χ1v) is 11.3. The van der Waals surface area contributed by atoms with Gasteiger partial charge in [0.05, 0.1) is 12.0 Å². The Morgan fingerprint density at radius 3 is 2.15 bits per heavy atom. The number of sulfonamides is 1. The lowest BCUT2D eigenvalue weighted by Crippen LogP contribution is -2.47. The van der Waals surface area contributed by atoms with Crippen molar-refractivity contribution in [1.82, 2.24) is 4.72 Å². The quantitative estimate of drug-likeness (QED) is 0.772. The Labute approximate surface area is 161 Å². The van der Waals surface area contributed by atoms with Crippen molar-refractivity contribution in [3.63, 3.8) is 0 Å². The number of nitrogens with one attached hydrogen (secondary N) is 2. The second kappa shape index (κ2) is 7.09. The van der Waals surface area contributed by atoms with Crippen molar-refractivity contribution in [2.24, 2.45) is 23.2 Å². The first kappa shape index (κ1) is 18.7. The molecule has 0 atom stereocenters. The van der Waals surface area contributed by atoms with Gasteiger partial charge in [0.15, 0.2) is 0 Å². The lowest BCUT2D eigenvalue weighted by molar-refractivity contribution is -0.0561. The van der Waals surface area contributed by atoms with E-state index in [2.05, 4.69) is 14.8 Å². The molecule has 4 aliphatic rings. The van der Waals surface area contributed by atoms with Crippen LogP contribution in [0.2, 0.25) is 0 Å². The van der Waals surface area contributed by atoms with E-state index >= 15 is 0 Å². The molecular weight excluding hydrogens is 364 g/mol. The van der Waals surface area contributed by atoms with Crippen LogP contribution in [0.5, 0.6) is 0 Å². The highest BCUT2D eigenvalue weighted by Gasteiger charge is 2.50. The van der Waals surface area contributed by atoms with Gasteiger partial charge in [0.1, 0.15) is 0 Å². The summed E-state index contributed by atoms with van der Waals surface area (Å²) in [4.78, 5) is 11.4. The van der Waals surface area contributed by atoms with Crippen LogP contribution in [-0.4, -0.2) is 28.2 Å². The zero-order chi connectivity index (χ0) is 19.1. The molecule has 1 amide bonds. The average molecular weight is 393 g/mol. The lowest BCUT2D eigenvalue weighted by Gasteiger charge is -2.57. The van der Waals surface area contributed by atoms with Gasteiger partial charge in [0.2, 0.25) is 10.0 Å². The molecule has 1 aromatic rings. The van der Waals surface area contributed by atoms with Crippen molar-refractivity contribution in [1.29, 1.82) is 0 Å². The van der Waals surface area contributed by atoms with Gasteiger partial charge in [-0.15, -0.1) is 0 Å². The Balaban J connectivity index is 1.34.